The van der Waals surface area contributed by atoms with Crippen molar-refractivity contribution in [3.8, 4) is 17.6 Å². The molecule has 3 aromatic rings. The van der Waals surface area contributed by atoms with Gasteiger partial charge in [-0.05, 0) is 41.8 Å². The van der Waals surface area contributed by atoms with E-state index in [0.29, 0.717) is 22.4 Å². The number of hydrogen-bond donors (Lipinski definition) is 3. The Bertz CT molecular complexity index is 1350. The second-order valence-electron chi connectivity index (χ2n) is 7.36. The van der Waals surface area contributed by atoms with Crippen LogP contribution in [-0.2, 0) is 14.6 Å². The molecule has 13 heteroatoms. The van der Waals surface area contributed by atoms with Crippen molar-refractivity contribution in [2.45, 2.75) is 4.21 Å². The monoisotopic (exact) mass is 514 g/mol. The molecule has 3 rings (SSSR count). The predicted molar refractivity (Wildman–Crippen MR) is 122 cm³/mol. The topological polar surface area (TPSA) is 130 Å². The average Bonchev–Trinajstić information content (AvgIpc) is 3.17. The summed E-state index contributed by atoms with van der Waals surface area (Å²) >= 11 is 1.000. The number of fused-ring (bicyclic) bond motifs is 1. The van der Waals surface area contributed by atoms with Crippen LogP contribution in [0.15, 0.2) is 46.7 Å². The third kappa shape index (κ3) is 6.74. The lowest BCUT2D eigenvalue weighted by Crippen LogP contribution is -3.06. The van der Waals surface area contributed by atoms with E-state index in [-0.39, 0.29) is 15.5 Å². The van der Waals surface area contributed by atoms with Crippen molar-refractivity contribution in [2.75, 3.05) is 33.5 Å². The molecule has 0 aliphatic heterocycles. The number of nitriles is 1. The number of ether oxygens (including phenoxy) is 1. The zero-order valence-electron chi connectivity index (χ0n) is 17.7. The molecule has 1 atom stereocenters. The highest BCUT2D eigenvalue weighted by Gasteiger charge is 2.27. The molecule has 0 radical (unpaired) electrons. The van der Waals surface area contributed by atoms with E-state index in [0.717, 1.165) is 36.1 Å². The summed E-state index contributed by atoms with van der Waals surface area (Å²) in [6.07, 6.45) is -0.924. The summed E-state index contributed by atoms with van der Waals surface area (Å²) in [5.41, 5.74) is -0.257. The Labute approximate surface area is 194 Å². The minimum absolute atomic E-state index is 0.0446. The second kappa shape index (κ2) is 10.2. The Balaban J connectivity index is 1.68. The first-order valence-electron chi connectivity index (χ1n) is 9.65. The Morgan fingerprint density at radius 3 is 2.61 bits per heavy atom. The third-order valence-corrected chi connectivity index (χ3v) is 8.62. The lowest BCUT2D eigenvalue weighted by molar-refractivity contribution is -0.858. The van der Waals surface area contributed by atoms with Crippen LogP contribution in [0, 0.1) is 17.1 Å². The summed E-state index contributed by atoms with van der Waals surface area (Å²) in [6.45, 7) is 1.32. The van der Waals surface area contributed by atoms with E-state index in [9.17, 15) is 22.3 Å². The number of likely N-dealkylation sites (N-methyl/N-ethyl adjacent to an activating group) is 1. The fourth-order valence-corrected chi connectivity index (χ4v) is 6.59. The zero-order chi connectivity index (χ0) is 24.2. The molecule has 3 N–H and O–H groups in total. The summed E-state index contributed by atoms with van der Waals surface area (Å²) < 4.78 is 64.5. The molecule has 33 heavy (non-hydrogen) atoms. The van der Waals surface area contributed by atoms with E-state index in [4.69, 9.17) is 14.5 Å². The Kier molecular flexibility index (Phi) is 7.74. The maximum atomic E-state index is 13.7. The van der Waals surface area contributed by atoms with Crippen LogP contribution in [0.25, 0.3) is 10.1 Å². The van der Waals surface area contributed by atoms with Gasteiger partial charge in [-0.2, -0.15) is 9.98 Å². The van der Waals surface area contributed by atoms with Gasteiger partial charge in [0.15, 0.2) is 0 Å². The van der Waals surface area contributed by atoms with E-state index in [1.165, 1.54) is 11.0 Å². The van der Waals surface area contributed by atoms with Crippen LogP contribution in [0.1, 0.15) is 5.56 Å². The molecule has 0 saturated carbocycles. The van der Waals surface area contributed by atoms with Crippen molar-refractivity contribution in [3.63, 3.8) is 0 Å². The lowest BCUT2D eigenvalue weighted by Gasteiger charge is -2.14. The normalized spacial score (nSPS) is 13.6. The molecule has 0 fully saturated rings. The maximum Gasteiger partial charge on any atom is 0.391 e. The number of rotatable bonds is 10. The minimum Gasteiger partial charge on any atom is -0.488 e. The SMILES string of the molecule is C[NH+](C)CCOc1ccc2sc(S(=O)(=O)NCP(=O)(O)Oc3ccc(C#N)c(F)c3)cc2c1. The number of thiophene rings is 1. The third-order valence-electron chi connectivity index (χ3n) is 4.36. The van der Waals surface area contributed by atoms with Gasteiger partial charge in [-0.15, -0.1) is 11.3 Å². The van der Waals surface area contributed by atoms with Gasteiger partial charge in [-0.1, -0.05) is 0 Å². The van der Waals surface area contributed by atoms with Gasteiger partial charge < -0.3 is 19.1 Å². The number of quaternary nitrogens is 1. The van der Waals surface area contributed by atoms with Crippen LogP contribution < -0.4 is 18.9 Å². The summed E-state index contributed by atoms with van der Waals surface area (Å²) in [7, 11) is -4.59. The molecule has 176 valence electrons. The first-order valence-corrected chi connectivity index (χ1v) is 13.7. The Morgan fingerprint density at radius 2 is 1.94 bits per heavy atom. The number of nitrogens with one attached hydrogen (secondary N) is 2. The van der Waals surface area contributed by atoms with Crippen LogP contribution in [0.2, 0.25) is 0 Å². The van der Waals surface area contributed by atoms with Crippen molar-refractivity contribution < 1.29 is 36.4 Å². The van der Waals surface area contributed by atoms with Crippen LogP contribution >= 0.6 is 18.9 Å². The first-order chi connectivity index (χ1) is 15.5. The highest BCUT2D eigenvalue weighted by molar-refractivity contribution is 7.92. The van der Waals surface area contributed by atoms with Crippen LogP contribution in [-0.4, -0.2) is 46.8 Å². The predicted octanol–water partition coefficient (Wildman–Crippen LogP) is 1.94. The van der Waals surface area contributed by atoms with Crippen LogP contribution in [0.3, 0.4) is 0 Å². The van der Waals surface area contributed by atoms with Crippen LogP contribution in [0.5, 0.6) is 11.5 Å². The van der Waals surface area contributed by atoms with Gasteiger partial charge in [0.25, 0.3) is 10.0 Å². The van der Waals surface area contributed by atoms with Gasteiger partial charge in [0, 0.05) is 10.8 Å². The molecular formula is C20H22FN3O6PS2+. The molecule has 9 nitrogen and oxygen atoms in total. The number of benzene rings is 2. The standard InChI is InChI=1S/C20H21FN3O6PS2/c1-24(2)7-8-29-16-5-6-19-15(9-16)10-20(32-19)33(27,28)23-13-31(25,26)30-17-4-3-14(12-22)18(21)11-17/h3-6,9-11,23H,7-8,13H2,1-2H3,(H,25,26)/p+1. The number of nitrogens with zero attached hydrogens (tertiary/aromatic N) is 1. The number of hydrogen-bond acceptors (Lipinski definition) is 7. The van der Waals surface area contributed by atoms with Gasteiger partial charge in [0.05, 0.1) is 19.7 Å². The van der Waals surface area contributed by atoms with E-state index >= 15 is 0 Å². The highest BCUT2D eigenvalue weighted by Crippen LogP contribution is 2.42. The van der Waals surface area contributed by atoms with Gasteiger partial charge in [-0.25, -0.2) is 17.4 Å². The molecule has 0 saturated heterocycles. The maximum absolute atomic E-state index is 13.7. The first kappa shape index (κ1) is 25.1. The van der Waals surface area contributed by atoms with E-state index in [1.54, 1.807) is 24.3 Å². The Hall–Kier alpha value is -2.52. The summed E-state index contributed by atoms with van der Waals surface area (Å²) in [5, 5.41) is 9.39. The van der Waals surface area contributed by atoms with Crippen molar-refractivity contribution >= 4 is 39.0 Å². The van der Waals surface area contributed by atoms with Gasteiger partial charge in [-0.3, -0.25) is 0 Å². The van der Waals surface area contributed by atoms with Crippen molar-refractivity contribution in [1.29, 1.82) is 5.26 Å². The summed E-state index contributed by atoms with van der Waals surface area (Å²) in [4.78, 5) is 11.2. The number of halogens is 1. The highest BCUT2D eigenvalue weighted by atomic mass is 32.2. The molecular weight excluding hydrogens is 492 g/mol. The molecule has 0 aliphatic rings. The van der Waals surface area contributed by atoms with Gasteiger partial charge >= 0.3 is 7.60 Å². The molecule has 0 aliphatic carbocycles. The van der Waals surface area contributed by atoms with Gasteiger partial charge in [0.1, 0.15) is 47.0 Å². The van der Waals surface area contributed by atoms with E-state index < -0.39 is 29.7 Å². The molecule has 1 aromatic heterocycles. The Morgan fingerprint density at radius 1 is 1.21 bits per heavy atom. The molecule has 0 bridgehead atoms. The van der Waals surface area contributed by atoms with Crippen LogP contribution in [0.4, 0.5) is 4.39 Å². The largest absolute Gasteiger partial charge is 0.488 e. The summed E-state index contributed by atoms with van der Waals surface area (Å²) in [6, 6.07) is 11.3. The molecule has 2 aromatic carbocycles. The smallest absolute Gasteiger partial charge is 0.391 e. The fourth-order valence-electron chi connectivity index (χ4n) is 2.67. The molecule has 0 amide bonds. The average molecular weight is 515 g/mol. The quantitative estimate of drug-likeness (QED) is 0.353. The summed E-state index contributed by atoms with van der Waals surface area (Å²) in [5.74, 6) is -0.615. The second-order valence-corrected chi connectivity index (χ2v) is 12.2. The lowest BCUT2D eigenvalue weighted by atomic mass is 10.2. The molecule has 1 unspecified atom stereocenters. The number of sulfonamides is 1. The van der Waals surface area contributed by atoms with Gasteiger partial charge in [0.2, 0.25) is 0 Å². The van der Waals surface area contributed by atoms with E-state index in [2.05, 4.69) is 4.72 Å². The molecule has 1 heterocycles. The fraction of sp³-hybridized carbons (Fsp3) is 0.250. The van der Waals surface area contributed by atoms with Crippen molar-refractivity contribution in [2.24, 2.45) is 0 Å². The van der Waals surface area contributed by atoms with Crippen molar-refractivity contribution in [1.82, 2.24) is 4.72 Å². The minimum atomic E-state index is -4.50. The van der Waals surface area contributed by atoms with Crippen molar-refractivity contribution in [3.05, 3.63) is 53.8 Å². The van der Waals surface area contributed by atoms with E-state index in [1.807, 2.05) is 14.1 Å². The molecule has 0 spiro atoms. The zero-order valence-corrected chi connectivity index (χ0v) is 20.3.